The normalized spacial score (nSPS) is 15.9. The van der Waals surface area contributed by atoms with Gasteiger partial charge < -0.3 is 15.7 Å². The zero-order valence-corrected chi connectivity index (χ0v) is 11.4. The van der Waals surface area contributed by atoms with Crippen molar-refractivity contribution in [1.29, 1.82) is 0 Å². The number of nitrogens with zero attached hydrogens (tertiary/aromatic N) is 2. The molecule has 0 aromatic carbocycles. The van der Waals surface area contributed by atoms with Gasteiger partial charge in [-0.15, -0.1) is 0 Å². The van der Waals surface area contributed by atoms with Crippen molar-refractivity contribution in [1.82, 2.24) is 15.1 Å². The molecule has 2 rings (SSSR count). The molecule has 1 aromatic heterocycles. The van der Waals surface area contributed by atoms with Crippen LogP contribution in [0.15, 0.2) is 0 Å². The summed E-state index contributed by atoms with van der Waals surface area (Å²) in [5.74, 6) is -0.172. The minimum Gasteiger partial charge on any atom is -0.395 e. The van der Waals surface area contributed by atoms with E-state index < -0.39 is 0 Å². The van der Waals surface area contributed by atoms with Crippen LogP contribution in [0.4, 0.5) is 5.69 Å². The van der Waals surface area contributed by atoms with Crippen LogP contribution in [0.2, 0.25) is 0 Å². The van der Waals surface area contributed by atoms with E-state index in [1.807, 2.05) is 6.92 Å². The van der Waals surface area contributed by atoms with Gasteiger partial charge in [-0.25, -0.2) is 0 Å². The topological polar surface area (TPSA) is 95.2 Å². The Labute approximate surface area is 113 Å². The molecule has 19 heavy (non-hydrogen) atoms. The molecule has 1 fully saturated rings. The van der Waals surface area contributed by atoms with Gasteiger partial charge in [-0.3, -0.25) is 9.89 Å². The first-order valence-electron chi connectivity index (χ1n) is 6.93. The molecule has 0 atom stereocenters. The monoisotopic (exact) mass is 266 g/mol. The Morgan fingerprint density at radius 3 is 2.74 bits per heavy atom. The standard InChI is InChI=1S/C13H22N4O2/c1-2-10-11(14)12(16-15-10)13(19)17(7-8-18)9-5-3-4-6-9/h9,18H,2-8,14H2,1H3,(H,15,16). The number of nitrogens with one attached hydrogen (secondary N) is 1. The van der Waals surface area contributed by atoms with Crippen molar-refractivity contribution >= 4 is 11.6 Å². The lowest BCUT2D eigenvalue weighted by Gasteiger charge is -2.27. The summed E-state index contributed by atoms with van der Waals surface area (Å²) in [6.07, 6.45) is 4.98. The van der Waals surface area contributed by atoms with Crippen molar-refractivity contribution in [2.75, 3.05) is 18.9 Å². The number of H-pyrrole nitrogens is 1. The average Bonchev–Trinajstić information content (AvgIpc) is 3.04. The first-order valence-corrected chi connectivity index (χ1v) is 6.93. The maximum atomic E-state index is 12.5. The van der Waals surface area contributed by atoms with Crippen LogP contribution in [0.5, 0.6) is 0 Å². The van der Waals surface area contributed by atoms with Crippen molar-refractivity contribution in [3.8, 4) is 0 Å². The third-order valence-electron chi connectivity index (χ3n) is 3.81. The number of hydrogen-bond donors (Lipinski definition) is 3. The van der Waals surface area contributed by atoms with Gasteiger partial charge in [0.05, 0.1) is 18.0 Å². The minimum atomic E-state index is -0.172. The van der Waals surface area contributed by atoms with E-state index in [4.69, 9.17) is 10.8 Å². The number of nitrogens with two attached hydrogens (primary N) is 1. The summed E-state index contributed by atoms with van der Waals surface area (Å²) in [6, 6.07) is 0.209. The smallest absolute Gasteiger partial charge is 0.276 e. The van der Waals surface area contributed by atoms with Crippen molar-refractivity contribution in [2.24, 2.45) is 0 Å². The van der Waals surface area contributed by atoms with Crippen molar-refractivity contribution in [3.63, 3.8) is 0 Å². The zero-order valence-electron chi connectivity index (χ0n) is 11.4. The highest BCUT2D eigenvalue weighted by Gasteiger charge is 2.29. The molecule has 1 heterocycles. The lowest BCUT2D eigenvalue weighted by atomic mass is 10.1. The number of amides is 1. The van der Waals surface area contributed by atoms with E-state index in [0.717, 1.165) is 37.8 Å². The first-order chi connectivity index (χ1) is 9.19. The highest BCUT2D eigenvalue weighted by Crippen LogP contribution is 2.26. The van der Waals surface area contributed by atoms with Gasteiger partial charge in [0, 0.05) is 12.6 Å². The Bertz CT molecular complexity index is 438. The number of aromatic amines is 1. The lowest BCUT2D eigenvalue weighted by molar-refractivity contribution is 0.0633. The van der Waals surface area contributed by atoms with E-state index in [9.17, 15) is 4.79 Å². The van der Waals surface area contributed by atoms with E-state index in [1.54, 1.807) is 4.90 Å². The molecule has 6 heteroatoms. The fraction of sp³-hybridized carbons (Fsp3) is 0.692. The molecule has 1 saturated carbocycles. The molecule has 106 valence electrons. The SMILES string of the molecule is CCc1[nH]nc(C(=O)N(CCO)C2CCCC2)c1N. The minimum absolute atomic E-state index is 0.0345. The molecule has 1 aliphatic rings. The largest absolute Gasteiger partial charge is 0.395 e. The number of aliphatic hydroxyl groups is 1. The van der Waals surface area contributed by atoms with Crippen LogP contribution < -0.4 is 5.73 Å². The van der Waals surface area contributed by atoms with Crippen LogP contribution >= 0.6 is 0 Å². The number of rotatable bonds is 5. The molecular weight excluding hydrogens is 244 g/mol. The van der Waals surface area contributed by atoms with Crippen LogP contribution in [0.25, 0.3) is 0 Å². The van der Waals surface area contributed by atoms with E-state index in [0.29, 0.717) is 12.2 Å². The van der Waals surface area contributed by atoms with Gasteiger partial charge in [0.25, 0.3) is 5.91 Å². The maximum Gasteiger partial charge on any atom is 0.276 e. The van der Waals surface area contributed by atoms with Gasteiger partial charge in [0.2, 0.25) is 0 Å². The molecule has 0 spiro atoms. The molecule has 4 N–H and O–H groups in total. The maximum absolute atomic E-state index is 12.5. The molecule has 0 radical (unpaired) electrons. The summed E-state index contributed by atoms with van der Waals surface area (Å²) >= 11 is 0. The summed E-state index contributed by atoms with van der Waals surface area (Å²) in [5, 5.41) is 16.0. The van der Waals surface area contributed by atoms with E-state index in [-0.39, 0.29) is 24.2 Å². The van der Waals surface area contributed by atoms with Crippen LogP contribution in [0.1, 0.15) is 48.8 Å². The van der Waals surface area contributed by atoms with Crippen molar-refractivity contribution in [3.05, 3.63) is 11.4 Å². The molecule has 1 amide bonds. The zero-order chi connectivity index (χ0) is 13.8. The Hall–Kier alpha value is -1.56. The molecule has 1 aromatic rings. The Kier molecular flexibility index (Phi) is 4.42. The number of anilines is 1. The average molecular weight is 266 g/mol. The van der Waals surface area contributed by atoms with E-state index in [1.165, 1.54) is 0 Å². The summed E-state index contributed by atoms with van der Waals surface area (Å²) < 4.78 is 0. The number of aliphatic hydroxyl groups excluding tert-OH is 1. The van der Waals surface area contributed by atoms with Crippen LogP contribution in [-0.4, -0.2) is 45.3 Å². The molecule has 6 nitrogen and oxygen atoms in total. The first kappa shape index (κ1) is 13.9. The molecule has 0 bridgehead atoms. The predicted molar refractivity (Wildman–Crippen MR) is 72.8 cm³/mol. The van der Waals surface area contributed by atoms with Crippen LogP contribution in [0.3, 0.4) is 0 Å². The highest BCUT2D eigenvalue weighted by atomic mass is 16.3. The molecular formula is C13H22N4O2. The second-order valence-corrected chi connectivity index (χ2v) is 4.98. The van der Waals surface area contributed by atoms with Gasteiger partial charge >= 0.3 is 0 Å². The Balaban J connectivity index is 2.20. The van der Waals surface area contributed by atoms with Crippen molar-refractivity contribution in [2.45, 2.75) is 45.1 Å². The number of carbonyl (C=O) groups is 1. The van der Waals surface area contributed by atoms with Gasteiger partial charge in [0.1, 0.15) is 0 Å². The van der Waals surface area contributed by atoms with Gasteiger partial charge in [-0.1, -0.05) is 19.8 Å². The third kappa shape index (κ3) is 2.73. The molecule has 0 aliphatic heterocycles. The van der Waals surface area contributed by atoms with E-state index >= 15 is 0 Å². The fourth-order valence-corrected chi connectivity index (χ4v) is 2.73. The molecule has 1 aliphatic carbocycles. The number of hydrogen-bond acceptors (Lipinski definition) is 4. The quantitative estimate of drug-likeness (QED) is 0.739. The Morgan fingerprint density at radius 1 is 1.53 bits per heavy atom. The fourth-order valence-electron chi connectivity index (χ4n) is 2.73. The van der Waals surface area contributed by atoms with E-state index in [2.05, 4.69) is 10.2 Å². The molecule has 0 unspecified atom stereocenters. The van der Waals surface area contributed by atoms with Gasteiger partial charge in [-0.05, 0) is 19.3 Å². The van der Waals surface area contributed by atoms with Gasteiger partial charge in [-0.2, -0.15) is 5.10 Å². The molecule has 0 saturated heterocycles. The number of aryl methyl sites for hydroxylation is 1. The summed E-state index contributed by atoms with van der Waals surface area (Å²) in [5.41, 5.74) is 7.46. The third-order valence-corrected chi connectivity index (χ3v) is 3.81. The van der Waals surface area contributed by atoms with Crippen molar-refractivity contribution < 1.29 is 9.90 Å². The predicted octanol–water partition coefficient (Wildman–Crippen LogP) is 0.931. The number of carbonyl (C=O) groups excluding carboxylic acids is 1. The summed E-state index contributed by atoms with van der Waals surface area (Å²) in [6.45, 7) is 2.27. The Morgan fingerprint density at radius 2 is 2.21 bits per heavy atom. The second-order valence-electron chi connectivity index (χ2n) is 4.98. The van der Waals surface area contributed by atoms with Crippen LogP contribution in [0, 0.1) is 0 Å². The number of aromatic nitrogens is 2. The number of nitrogen functional groups attached to an aromatic ring is 1. The summed E-state index contributed by atoms with van der Waals surface area (Å²) in [4.78, 5) is 14.2. The van der Waals surface area contributed by atoms with Crippen LogP contribution in [-0.2, 0) is 6.42 Å². The highest BCUT2D eigenvalue weighted by molar-refractivity contribution is 5.97. The summed E-state index contributed by atoms with van der Waals surface area (Å²) in [7, 11) is 0. The second kappa shape index (κ2) is 6.06. The lowest BCUT2D eigenvalue weighted by Crippen LogP contribution is -2.41. The van der Waals surface area contributed by atoms with Gasteiger partial charge in [0.15, 0.2) is 5.69 Å².